The van der Waals surface area contributed by atoms with E-state index in [9.17, 15) is 9.59 Å². The Morgan fingerprint density at radius 3 is 2.36 bits per heavy atom. The van der Waals surface area contributed by atoms with Gasteiger partial charge in [-0.05, 0) is 73.4 Å². The summed E-state index contributed by atoms with van der Waals surface area (Å²) in [4.78, 5) is 27.6. The summed E-state index contributed by atoms with van der Waals surface area (Å²) in [6.07, 6.45) is 5.78. The fraction of sp³-hybridized carbons (Fsp3) is 0.300. The highest BCUT2D eigenvalue weighted by atomic mass is 16.2. The summed E-state index contributed by atoms with van der Waals surface area (Å²) in [5.74, 6) is 0.0656. The van der Waals surface area contributed by atoms with Gasteiger partial charge in [-0.3, -0.25) is 15.0 Å². The Labute approximate surface area is 213 Å². The molecule has 6 nitrogen and oxygen atoms in total. The normalized spacial score (nSPS) is 12.6. The zero-order chi connectivity index (χ0) is 25.3. The van der Waals surface area contributed by atoms with Crippen LogP contribution in [0.25, 0.3) is 0 Å². The zero-order valence-electron chi connectivity index (χ0n) is 20.6. The molecule has 4 rings (SSSR count). The van der Waals surface area contributed by atoms with E-state index in [2.05, 4.69) is 29.6 Å². The van der Waals surface area contributed by atoms with Crippen molar-refractivity contribution in [1.82, 2.24) is 5.32 Å². The molecule has 1 aliphatic heterocycles. The van der Waals surface area contributed by atoms with Gasteiger partial charge in [-0.15, -0.1) is 0 Å². The number of carbonyl (C=O) groups is 2. The molecule has 0 atom stereocenters. The van der Waals surface area contributed by atoms with Gasteiger partial charge in [-0.2, -0.15) is 0 Å². The maximum absolute atomic E-state index is 13.0. The maximum Gasteiger partial charge on any atom is 0.251 e. The highest BCUT2D eigenvalue weighted by Gasteiger charge is 2.23. The Balaban J connectivity index is 1.28. The second-order valence-electron chi connectivity index (χ2n) is 9.30. The number of benzene rings is 3. The van der Waals surface area contributed by atoms with Gasteiger partial charge in [0.1, 0.15) is 5.84 Å². The van der Waals surface area contributed by atoms with Crippen molar-refractivity contribution in [1.29, 1.82) is 5.41 Å². The van der Waals surface area contributed by atoms with Gasteiger partial charge in [0.15, 0.2) is 0 Å². The van der Waals surface area contributed by atoms with Gasteiger partial charge in [-0.25, -0.2) is 0 Å². The Kier molecular flexibility index (Phi) is 8.50. The van der Waals surface area contributed by atoms with Crippen molar-refractivity contribution in [3.8, 4) is 0 Å². The van der Waals surface area contributed by atoms with Crippen LogP contribution in [-0.4, -0.2) is 30.7 Å². The smallest absolute Gasteiger partial charge is 0.251 e. The van der Waals surface area contributed by atoms with E-state index in [-0.39, 0.29) is 17.6 Å². The SMILES string of the molecule is N=C(N)c1ccc(CCC(=O)N2CCCc3cc(C(=O)NCCCCc4ccccc4)ccc32)cc1. The third-order valence-electron chi connectivity index (χ3n) is 6.67. The van der Waals surface area contributed by atoms with Crippen LogP contribution in [0.3, 0.4) is 0 Å². The molecule has 6 heteroatoms. The molecule has 0 bridgehead atoms. The summed E-state index contributed by atoms with van der Waals surface area (Å²) >= 11 is 0. The largest absolute Gasteiger partial charge is 0.384 e. The molecule has 4 N–H and O–H groups in total. The molecule has 3 aromatic carbocycles. The quantitative estimate of drug-likeness (QED) is 0.223. The van der Waals surface area contributed by atoms with Crippen LogP contribution < -0.4 is 16.0 Å². The fourth-order valence-corrected chi connectivity index (χ4v) is 4.64. The summed E-state index contributed by atoms with van der Waals surface area (Å²) in [6, 6.07) is 23.5. The Bertz CT molecular complexity index is 1210. The van der Waals surface area contributed by atoms with Gasteiger partial charge in [0.25, 0.3) is 5.91 Å². The minimum atomic E-state index is -0.0602. The number of amides is 2. The van der Waals surface area contributed by atoms with Crippen molar-refractivity contribution < 1.29 is 9.59 Å². The predicted molar refractivity (Wildman–Crippen MR) is 145 cm³/mol. The number of fused-ring (bicyclic) bond motifs is 1. The van der Waals surface area contributed by atoms with Crippen molar-refractivity contribution in [3.63, 3.8) is 0 Å². The number of nitrogens with two attached hydrogens (primary N) is 1. The number of nitrogen functional groups attached to an aromatic ring is 1. The number of anilines is 1. The summed E-state index contributed by atoms with van der Waals surface area (Å²) in [6.45, 7) is 1.35. The predicted octanol–water partition coefficient (Wildman–Crippen LogP) is 4.64. The van der Waals surface area contributed by atoms with Crippen molar-refractivity contribution in [2.24, 2.45) is 5.73 Å². The maximum atomic E-state index is 13.0. The number of amidine groups is 1. The van der Waals surface area contributed by atoms with Crippen LogP contribution in [0.15, 0.2) is 72.8 Å². The lowest BCUT2D eigenvalue weighted by atomic mass is 9.98. The van der Waals surface area contributed by atoms with Crippen LogP contribution in [-0.2, 0) is 24.1 Å². The highest BCUT2D eigenvalue weighted by Crippen LogP contribution is 2.29. The first kappa shape index (κ1) is 25.2. The standard InChI is InChI=1S/C30H34N4O2/c31-29(32)24-14-11-23(12-15-24)13-18-28(35)34-20-6-10-25-21-26(16-17-27(25)34)30(36)33-19-5-4-9-22-7-2-1-3-8-22/h1-3,7-8,11-12,14-17,21H,4-6,9-10,13,18-20H2,(H3,31,32)(H,33,36). The molecule has 3 aromatic rings. The minimum absolute atomic E-state index is 0.0404. The molecule has 0 aromatic heterocycles. The van der Waals surface area contributed by atoms with Gasteiger partial charge in [0.2, 0.25) is 5.91 Å². The molecule has 36 heavy (non-hydrogen) atoms. The molecule has 186 valence electrons. The molecule has 0 saturated heterocycles. The van der Waals surface area contributed by atoms with E-state index in [1.54, 1.807) is 0 Å². The van der Waals surface area contributed by atoms with Gasteiger partial charge >= 0.3 is 0 Å². The summed E-state index contributed by atoms with van der Waals surface area (Å²) in [5.41, 5.74) is 11.2. The van der Waals surface area contributed by atoms with E-state index in [1.165, 1.54) is 5.56 Å². The van der Waals surface area contributed by atoms with E-state index >= 15 is 0 Å². The Morgan fingerprint density at radius 2 is 1.61 bits per heavy atom. The Morgan fingerprint density at radius 1 is 0.889 bits per heavy atom. The van der Waals surface area contributed by atoms with Gasteiger partial charge in [0.05, 0.1) is 0 Å². The van der Waals surface area contributed by atoms with Gasteiger partial charge < -0.3 is 16.0 Å². The first-order valence-corrected chi connectivity index (χ1v) is 12.7. The van der Waals surface area contributed by atoms with E-state index in [1.807, 2.05) is 53.4 Å². The number of aryl methyl sites for hydroxylation is 3. The first-order chi connectivity index (χ1) is 17.5. The molecule has 0 radical (unpaired) electrons. The molecule has 0 saturated carbocycles. The fourth-order valence-electron chi connectivity index (χ4n) is 4.64. The molecular weight excluding hydrogens is 448 g/mol. The third-order valence-corrected chi connectivity index (χ3v) is 6.67. The summed E-state index contributed by atoms with van der Waals surface area (Å²) in [5, 5.41) is 10.5. The number of hydrogen-bond donors (Lipinski definition) is 3. The molecule has 1 aliphatic rings. The molecule has 2 amide bonds. The lowest BCUT2D eigenvalue weighted by Crippen LogP contribution is -2.36. The van der Waals surface area contributed by atoms with E-state index in [4.69, 9.17) is 11.1 Å². The summed E-state index contributed by atoms with van der Waals surface area (Å²) < 4.78 is 0. The van der Waals surface area contributed by atoms with E-state index in [0.29, 0.717) is 37.1 Å². The van der Waals surface area contributed by atoms with Gasteiger partial charge in [0, 0.05) is 36.3 Å². The number of nitrogens with zero attached hydrogens (tertiary/aromatic N) is 1. The van der Waals surface area contributed by atoms with Crippen LogP contribution in [0, 0.1) is 5.41 Å². The highest BCUT2D eigenvalue weighted by molar-refractivity contribution is 5.98. The number of hydrogen-bond acceptors (Lipinski definition) is 3. The monoisotopic (exact) mass is 482 g/mol. The van der Waals surface area contributed by atoms with Crippen molar-refractivity contribution in [2.45, 2.75) is 44.9 Å². The van der Waals surface area contributed by atoms with Crippen LogP contribution in [0.5, 0.6) is 0 Å². The van der Waals surface area contributed by atoms with E-state index in [0.717, 1.165) is 48.9 Å². The molecule has 0 aliphatic carbocycles. The second kappa shape index (κ2) is 12.2. The van der Waals surface area contributed by atoms with Crippen molar-refractivity contribution in [2.75, 3.05) is 18.0 Å². The number of rotatable bonds is 10. The second-order valence-corrected chi connectivity index (χ2v) is 9.30. The van der Waals surface area contributed by atoms with Crippen LogP contribution >= 0.6 is 0 Å². The number of carbonyl (C=O) groups excluding carboxylic acids is 2. The third kappa shape index (κ3) is 6.60. The summed E-state index contributed by atoms with van der Waals surface area (Å²) in [7, 11) is 0. The van der Waals surface area contributed by atoms with Crippen LogP contribution in [0.4, 0.5) is 5.69 Å². The minimum Gasteiger partial charge on any atom is -0.384 e. The zero-order valence-corrected chi connectivity index (χ0v) is 20.6. The molecule has 0 spiro atoms. The molecule has 0 unspecified atom stereocenters. The van der Waals surface area contributed by atoms with Crippen molar-refractivity contribution in [3.05, 3.63) is 101 Å². The van der Waals surface area contributed by atoms with Crippen LogP contribution in [0.2, 0.25) is 0 Å². The Hall–Kier alpha value is -3.93. The molecule has 0 fully saturated rings. The van der Waals surface area contributed by atoms with E-state index < -0.39 is 0 Å². The van der Waals surface area contributed by atoms with Crippen molar-refractivity contribution >= 4 is 23.3 Å². The number of nitrogens with one attached hydrogen (secondary N) is 2. The topological polar surface area (TPSA) is 99.3 Å². The average molecular weight is 483 g/mol. The average Bonchev–Trinajstić information content (AvgIpc) is 2.91. The first-order valence-electron chi connectivity index (χ1n) is 12.7. The lowest BCUT2D eigenvalue weighted by molar-refractivity contribution is -0.118. The lowest BCUT2D eigenvalue weighted by Gasteiger charge is -2.30. The van der Waals surface area contributed by atoms with Crippen LogP contribution in [0.1, 0.15) is 58.3 Å². The molecular formula is C30H34N4O2. The number of unbranched alkanes of at least 4 members (excludes halogenated alkanes) is 1. The van der Waals surface area contributed by atoms with Gasteiger partial charge in [-0.1, -0.05) is 54.6 Å². The molecule has 1 heterocycles.